The first-order valence-corrected chi connectivity index (χ1v) is 21.1. The number of aromatic nitrogens is 1. The molecule has 272 valence electrons. The van der Waals surface area contributed by atoms with E-state index in [9.17, 15) is 0 Å². The molecule has 0 spiro atoms. The predicted octanol–water partition coefficient (Wildman–Crippen LogP) is 16.2. The molecule has 58 heavy (non-hydrogen) atoms. The lowest BCUT2D eigenvalue weighted by Gasteiger charge is -2.27. The van der Waals surface area contributed by atoms with E-state index in [1.807, 2.05) is 46.9 Å². The summed E-state index contributed by atoms with van der Waals surface area (Å²) in [6, 6.07) is 69.8. The van der Waals surface area contributed by atoms with Gasteiger partial charge in [0.25, 0.3) is 0 Å². The molecule has 0 bridgehead atoms. The largest absolute Gasteiger partial charge is 0.436 e. The third-order valence-corrected chi connectivity index (χ3v) is 13.5. The minimum atomic E-state index is 0.618. The van der Waals surface area contributed by atoms with Crippen LogP contribution >= 0.6 is 22.7 Å². The average Bonchev–Trinajstić information content (AvgIpc) is 4.01. The highest BCUT2D eigenvalue weighted by Crippen LogP contribution is 2.49. The molecule has 0 amide bonds. The molecule has 0 unspecified atom stereocenters. The molecule has 0 saturated carbocycles. The second-order valence-corrected chi connectivity index (χ2v) is 16.9. The van der Waals surface area contributed by atoms with E-state index in [4.69, 9.17) is 9.40 Å². The molecule has 12 aromatic rings. The van der Waals surface area contributed by atoms with E-state index in [1.165, 1.54) is 62.2 Å². The zero-order valence-electron chi connectivity index (χ0n) is 31.1. The van der Waals surface area contributed by atoms with Gasteiger partial charge in [-0.15, -0.1) is 22.7 Å². The number of oxazole rings is 1. The topological polar surface area (TPSA) is 29.3 Å². The summed E-state index contributed by atoms with van der Waals surface area (Å²) in [6.07, 6.45) is 0. The number of hydrogen-bond donors (Lipinski definition) is 0. The van der Waals surface area contributed by atoms with Crippen LogP contribution in [0.2, 0.25) is 0 Å². The zero-order chi connectivity index (χ0) is 38.2. The van der Waals surface area contributed by atoms with Gasteiger partial charge in [0.15, 0.2) is 5.58 Å². The van der Waals surface area contributed by atoms with Crippen LogP contribution in [0.25, 0.3) is 95.9 Å². The Morgan fingerprint density at radius 3 is 1.91 bits per heavy atom. The van der Waals surface area contributed by atoms with Crippen LogP contribution in [0.3, 0.4) is 0 Å². The van der Waals surface area contributed by atoms with E-state index in [0.29, 0.717) is 5.89 Å². The fraction of sp³-hybridized carbons (Fsp3) is 0. The number of para-hydroxylation sites is 1. The molecule has 0 radical (unpaired) electrons. The van der Waals surface area contributed by atoms with Gasteiger partial charge >= 0.3 is 0 Å². The van der Waals surface area contributed by atoms with Gasteiger partial charge in [0.1, 0.15) is 5.52 Å². The molecule has 0 N–H and O–H groups in total. The van der Waals surface area contributed by atoms with Crippen molar-refractivity contribution in [3.8, 4) is 33.7 Å². The highest BCUT2D eigenvalue weighted by Gasteiger charge is 2.23. The molecule has 9 aromatic carbocycles. The number of anilines is 3. The molecule has 3 nitrogen and oxygen atoms in total. The molecular weight excluding hydrogens is 745 g/mol. The van der Waals surface area contributed by atoms with Gasteiger partial charge in [-0.05, 0) is 100 Å². The van der Waals surface area contributed by atoms with Crippen molar-refractivity contribution in [2.45, 2.75) is 0 Å². The van der Waals surface area contributed by atoms with Crippen molar-refractivity contribution in [1.82, 2.24) is 4.98 Å². The van der Waals surface area contributed by atoms with Crippen molar-refractivity contribution in [3.05, 3.63) is 194 Å². The van der Waals surface area contributed by atoms with Crippen LogP contribution in [0.1, 0.15) is 0 Å². The maximum Gasteiger partial charge on any atom is 0.227 e. The molecule has 3 heterocycles. The number of benzene rings is 9. The summed E-state index contributed by atoms with van der Waals surface area (Å²) in [6.45, 7) is 0. The van der Waals surface area contributed by atoms with E-state index in [0.717, 1.165) is 44.9 Å². The quantitative estimate of drug-likeness (QED) is 0.168. The number of hydrogen-bond acceptors (Lipinski definition) is 5. The van der Waals surface area contributed by atoms with Crippen molar-refractivity contribution < 1.29 is 4.42 Å². The maximum absolute atomic E-state index is 6.48. The minimum Gasteiger partial charge on any atom is -0.436 e. The molecule has 12 rings (SSSR count). The molecule has 0 aliphatic rings. The van der Waals surface area contributed by atoms with E-state index in [-0.39, 0.29) is 0 Å². The summed E-state index contributed by atoms with van der Waals surface area (Å²) in [5, 5.41) is 7.53. The lowest BCUT2D eigenvalue weighted by Crippen LogP contribution is -2.10. The van der Waals surface area contributed by atoms with Crippen LogP contribution in [0.5, 0.6) is 0 Å². The van der Waals surface area contributed by atoms with Gasteiger partial charge in [0, 0.05) is 68.5 Å². The predicted molar refractivity (Wildman–Crippen MR) is 248 cm³/mol. The average molecular weight is 777 g/mol. The van der Waals surface area contributed by atoms with Crippen molar-refractivity contribution in [2.75, 3.05) is 4.90 Å². The Balaban J connectivity index is 1.15. The smallest absolute Gasteiger partial charge is 0.227 e. The SMILES string of the molecule is c1ccc(-c2ccc(N(c3cc(-c4cccc5oc(-c6ccccc6)nc45)c4c(c3)sc3ccc5ccccc5c34)c3ccc4sc5ccccc5c4c3)cc2)cc1. The van der Waals surface area contributed by atoms with Crippen molar-refractivity contribution in [2.24, 2.45) is 0 Å². The maximum atomic E-state index is 6.48. The summed E-state index contributed by atoms with van der Waals surface area (Å²) in [7, 11) is 0. The highest BCUT2D eigenvalue weighted by atomic mass is 32.1. The van der Waals surface area contributed by atoms with Gasteiger partial charge in [-0.3, -0.25) is 0 Å². The normalized spacial score (nSPS) is 11.8. The first-order chi connectivity index (χ1) is 28.7. The Morgan fingerprint density at radius 1 is 0.397 bits per heavy atom. The molecular formula is C53H32N2OS2. The van der Waals surface area contributed by atoms with Crippen LogP contribution in [0.15, 0.2) is 199 Å². The lowest BCUT2D eigenvalue weighted by atomic mass is 9.95. The van der Waals surface area contributed by atoms with Crippen molar-refractivity contribution in [1.29, 1.82) is 0 Å². The van der Waals surface area contributed by atoms with Gasteiger partial charge in [0.2, 0.25) is 5.89 Å². The minimum absolute atomic E-state index is 0.618. The standard InChI is InChI=1S/C53H32N2OS2/c1-3-12-33(13-4-1)34-22-25-37(26-23-34)55(38-27-29-47-43(30-38)41-18-9-10-21-46(41)57-47)39-31-44(42-19-11-20-45-52(42)54-53(56-45)36-15-5-2-6-16-36)51-49(32-39)58-48-28-24-35-14-7-8-17-40(35)50(48)51/h1-32H. The molecule has 0 atom stereocenters. The fourth-order valence-electron chi connectivity index (χ4n) is 8.60. The van der Waals surface area contributed by atoms with Crippen molar-refractivity contribution >= 4 is 102 Å². The van der Waals surface area contributed by atoms with Gasteiger partial charge in [-0.1, -0.05) is 121 Å². The van der Waals surface area contributed by atoms with Gasteiger partial charge in [-0.2, -0.15) is 0 Å². The summed E-state index contributed by atoms with van der Waals surface area (Å²) < 4.78 is 11.5. The fourth-order valence-corrected chi connectivity index (χ4v) is 10.9. The molecule has 0 fully saturated rings. The Kier molecular flexibility index (Phi) is 7.58. The number of rotatable bonds is 6. The van der Waals surface area contributed by atoms with E-state index in [1.54, 1.807) is 0 Å². The van der Waals surface area contributed by atoms with Crippen LogP contribution < -0.4 is 4.90 Å². The van der Waals surface area contributed by atoms with Gasteiger partial charge in [-0.25, -0.2) is 4.98 Å². The third kappa shape index (κ3) is 5.36. The third-order valence-electron chi connectivity index (χ3n) is 11.3. The number of nitrogens with zero attached hydrogens (tertiary/aromatic N) is 2. The molecule has 0 saturated heterocycles. The summed E-state index contributed by atoms with van der Waals surface area (Å²) in [4.78, 5) is 7.62. The van der Waals surface area contributed by atoms with Crippen LogP contribution in [0.4, 0.5) is 17.1 Å². The summed E-state index contributed by atoms with van der Waals surface area (Å²) in [5.74, 6) is 0.618. The van der Waals surface area contributed by atoms with Gasteiger partial charge in [0.05, 0.1) is 0 Å². The number of thiophene rings is 2. The monoisotopic (exact) mass is 776 g/mol. The van der Waals surface area contributed by atoms with E-state index < -0.39 is 0 Å². The first kappa shape index (κ1) is 33.1. The Labute approximate surface area is 342 Å². The Hall–Kier alpha value is -7.05. The number of fused-ring (bicyclic) bond motifs is 9. The van der Waals surface area contributed by atoms with E-state index >= 15 is 0 Å². The summed E-state index contributed by atoms with van der Waals surface area (Å²) in [5.41, 5.74) is 10.4. The molecule has 5 heteroatoms. The highest BCUT2D eigenvalue weighted by molar-refractivity contribution is 7.26. The van der Waals surface area contributed by atoms with Crippen LogP contribution in [-0.4, -0.2) is 4.98 Å². The second-order valence-electron chi connectivity index (χ2n) is 14.7. The van der Waals surface area contributed by atoms with Crippen LogP contribution in [0, 0.1) is 0 Å². The van der Waals surface area contributed by atoms with E-state index in [2.05, 4.69) is 175 Å². The molecule has 3 aromatic heterocycles. The first-order valence-electron chi connectivity index (χ1n) is 19.4. The molecule has 0 aliphatic heterocycles. The van der Waals surface area contributed by atoms with Crippen molar-refractivity contribution in [3.63, 3.8) is 0 Å². The summed E-state index contributed by atoms with van der Waals surface area (Å²) >= 11 is 3.70. The Bertz CT molecular complexity index is 3510. The second kappa shape index (κ2) is 13.3. The Morgan fingerprint density at radius 2 is 1.07 bits per heavy atom. The zero-order valence-corrected chi connectivity index (χ0v) is 32.7. The molecule has 0 aliphatic carbocycles. The van der Waals surface area contributed by atoms with Crippen LogP contribution in [-0.2, 0) is 0 Å². The van der Waals surface area contributed by atoms with Gasteiger partial charge < -0.3 is 9.32 Å². The lowest BCUT2D eigenvalue weighted by molar-refractivity contribution is 0.620.